The maximum absolute atomic E-state index is 11.0. The number of benzene rings is 2. The summed E-state index contributed by atoms with van der Waals surface area (Å²) in [7, 11) is 0. The van der Waals surface area contributed by atoms with E-state index in [1.807, 2.05) is 34.9 Å². The first-order chi connectivity index (χ1) is 9.24. The van der Waals surface area contributed by atoms with Crippen molar-refractivity contribution < 1.29 is 9.90 Å². The number of rotatable bonds is 3. The summed E-state index contributed by atoms with van der Waals surface area (Å²) in [4.78, 5) is 15.3. The van der Waals surface area contributed by atoms with Crippen molar-refractivity contribution in [1.82, 2.24) is 9.55 Å². The lowest BCUT2D eigenvalue weighted by molar-refractivity contribution is 0.0697. The number of hydrogen-bond donors (Lipinski definition) is 1. The van der Waals surface area contributed by atoms with Gasteiger partial charge in [-0.25, -0.2) is 9.78 Å². The Labute approximate surface area is 109 Å². The fourth-order valence-electron chi connectivity index (χ4n) is 2.10. The third-order valence-electron chi connectivity index (χ3n) is 3.06. The molecule has 4 nitrogen and oxygen atoms in total. The van der Waals surface area contributed by atoms with Gasteiger partial charge in [-0.3, -0.25) is 0 Å². The van der Waals surface area contributed by atoms with Crippen molar-refractivity contribution in [2.45, 2.75) is 6.54 Å². The smallest absolute Gasteiger partial charge is 0.335 e. The molecule has 0 radical (unpaired) electrons. The summed E-state index contributed by atoms with van der Waals surface area (Å²) >= 11 is 0. The van der Waals surface area contributed by atoms with Crippen LogP contribution in [0.5, 0.6) is 0 Å². The SMILES string of the molecule is O=C(O)c1ccc2ncn(Cc3ccccc3)c2c1. The summed E-state index contributed by atoms with van der Waals surface area (Å²) in [5.41, 5.74) is 3.08. The number of carbonyl (C=O) groups is 1. The molecular formula is C15H12N2O2. The van der Waals surface area contributed by atoms with Gasteiger partial charge in [0.05, 0.1) is 22.9 Å². The molecule has 0 atom stereocenters. The zero-order valence-electron chi connectivity index (χ0n) is 10.2. The Balaban J connectivity index is 2.04. The molecule has 0 saturated heterocycles. The van der Waals surface area contributed by atoms with Gasteiger partial charge in [-0.2, -0.15) is 0 Å². The van der Waals surface area contributed by atoms with Crippen LogP contribution >= 0.6 is 0 Å². The van der Waals surface area contributed by atoms with Crippen LogP contribution in [0.25, 0.3) is 11.0 Å². The lowest BCUT2D eigenvalue weighted by Crippen LogP contribution is -2.00. The zero-order valence-corrected chi connectivity index (χ0v) is 10.2. The molecule has 0 aliphatic carbocycles. The van der Waals surface area contributed by atoms with Gasteiger partial charge >= 0.3 is 5.97 Å². The largest absolute Gasteiger partial charge is 0.478 e. The van der Waals surface area contributed by atoms with Gasteiger partial charge in [0.1, 0.15) is 0 Å². The quantitative estimate of drug-likeness (QED) is 0.779. The number of imidazole rings is 1. The average molecular weight is 252 g/mol. The van der Waals surface area contributed by atoms with Crippen molar-refractivity contribution in [3.05, 3.63) is 66.0 Å². The van der Waals surface area contributed by atoms with Crippen molar-refractivity contribution in [2.75, 3.05) is 0 Å². The van der Waals surface area contributed by atoms with E-state index in [0.717, 1.165) is 16.6 Å². The van der Waals surface area contributed by atoms with Crippen LogP contribution in [-0.2, 0) is 6.54 Å². The number of hydrogen-bond acceptors (Lipinski definition) is 2. The minimum absolute atomic E-state index is 0.280. The van der Waals surface area contributed by atoms with E-state index in [1.54, 1.807) is 24.5 Å². The van der Waals surface area contributed by atoms with Gasteiger partial charge < -0.3 is 9.67 Å². The van der Waals surface area contributed by atoms with E-state index in [4.69, 9.17) is 5.11 Å². The third kappa shape index (κ3) is 2.20. The van der Waals surface area contributed by atoms with E-state index in [-0.39, 0.29) is 5.56 Å². The molecule has 19 heavy (non-hydrogen) atoms. The van der Waals surface area contributed by atoms with Gasteiger partial charge in [-0.1, -0.05) is 30.3 Å². The maximum Gasteiger partial charge on any atom is 0.335 e. The average Bonchev–Trinajstić information content (AvgIpc) is 2.82. The normalized spacial score (nSPS) is 10.7. The molecule has 3 aromatic rings. The molecule has 0 spiro atoms. The Morgan fingerprint density at radius 2 is 1.95 bits per heavy atom. The summed E-state index contributed by atoms with van der Waals surface area (Å²) < 4.78 is 1.96. The minimum atomic E-state index is -0.922. The summed E-state index contributed by atoms with van der Waals surface area (Å²) in [5.74, 6) is -0.922. The molecule has 0 aliphatic heterocycles. The maximum atomic E-state index is 11.0. The Bertz CT molecular complexity index is 732. The fourth-order valence-corrected chi connectivity index (χ4v) is 2.10. The van der Waals surface area contributed by atoms with E-state index in [1.165, 1.54) is 0 Å². The molecular weight excluding hydrogens is 240 g/mol. The Morgan fingerprint density at radius 3 is 2.68 bits per heavy atom. The topological polar surface area (TPSA) is 55.1 Å². The van der Waals surface area contributed by atoms with E-state index in [9.17, 15) is 4.79 Å². The predicted octanol–water partition coefficient (Wildman–Crippen LogP) is 2.78. The number of aromatic carboxylic acids is 1. The molecule has 0 amide bonds. The minimum Gasteiger partial charge on any atom is -0.478 e. The monoisotopic (exact) mass is 252 g/mol. The molecule has 94 valence electrons. The third-order valence-corrected chi connectivity index (χ3v) is 3.06. The van der Waals surface area contributed by atoms with Gasteiger partial charge in [0, 0.05) is 6.54 Å². The number of fused-ring (bicyclic) bond motifs is 1. The van der Waals surface area contributed by atoms with E-state index >= 15 is 0 Å². The lowest BCUT2D eigenvalue weighted by atomic mass is 10.2. The highest BCUT2D eigenvalue weighted by atomic mass is 16.4. The van der Waals surface area contributed by atoms with Gasteiger partial charge in [-0.15, -0.1) is 0 Å². The van der Waals surface area contributed by atoms with Crippen LogP contribution in [0.1, 0.15) is 15.9 Å². The van der Waals surface area contributed by atoms with Gasteiger partial charge in [0.15, 0.2) is 0 Å². The van der Waals surface area contributed by atoms with Crippen LogP contribution in [0.15, 0.2) is 54.9 Å². The highest BCUT2D eigenvalue weighted by Crippen LogP contribution is 2.16. The molecule has 4 heteroatoms. The van der Waals surface area contributed by atoms with Crippen LogP contribution in [0.2, 0.25) is 0 Å². The summed E-state index contributed by atoms with van der Waals surface area (Å²) in [6, 6.07) is 15.0. The van der Waals surface area contributed by atoms with Crippen molar-refractivity contribution in [2.24, 2.45) is 0 Å². The molecule has 1 N–H and O–H groups in total. The summed E-state index contributed by atoms with van der Waals surface area (Å²) in [5, 5.41) is 9.03. The number of carboxylic acids is 1. The van der Waals surface area contributed by atoms with Gasteiger partial charge in [0.2, 0.25) is 0 Å². The number of aromatic nitrogens is 2. The number of nitrogens with zero attached hydrogens (tertiary/aromatic N) is 2. The zero-order chi connectivity index (χ0) is 13.2. The van der Waals surface area contributed by atoms with Crippen molar-refractivity contribution in [1.29, 1.82) is 0 Å². The van der Waals surface area contributed by atoms with Crippen molar-refractivity contribution in [3.8, 4) is 0 Å². The van der Waals surface area contributed by atoms with Gasteiger partial charge in [0.25, 0.3) is 0 Å². The molecule has 1 heterocycles. The standard InChI is InChI=1S/C15H12N2O2/c18-15(19)12-6-7-13-14(8-12)17(10-16-13)9-11-4-2-1-3-5-11/h1-8,10H,9H2,(H,18,19). The molecule has 3 rings (SSSR count). The first kappa shape index (κ1) is 11.5. The second-order valence-corrected chi connectivity index (χ2v) is 4.37. The van der Waals surface area contributed by atoms with Crippen LogP contribution in [0.3, 0.4) is 0 Å². The number of carboxylic acid groups (broad SMARTS) is 1. The first-order valence-corrected chi connectivity index (χ1v) is 5.96. The highest BCUT2D eigenvalue weighted by Gasteiger charge is 2.08. The predicted molar refractivity (Wildman–Crippen MR) is 72.2 cm³/mol. The first-order valence-electron chi connectivity index (χ1n) is 5.96. The molecule has 0 fully saturated rings. The molecule has 0 aliphatic rings. The Hall–Kier alpha value is -2.62. The lowest BCUT2D eigenvalue weighted by Gasteiger charge is -2.04. The van der Waals surface area contributed by atoms with Crippen LogP contribution < -0.4 is 0 Å². The summed E-state index contributed by atoms with van der Waals surface area (Å²) in [6.07, 6.45) is 1.74. The van der Waals surface area contributed by atoms with Crippen LogP contribution in [-0.4, -0.2) is 20.6 Å². The Kier molecular flexibility index (Phi) is 2.76. The second kappa shape index (κ2) is 4.57. The fraction of sp³-hybridized carbons (Fsp3) is 0.0667. The molecule has 0 bridgehead atoms. The second-order valence-electron chi connectivity index (χ2n) is 4.37. The van der Waals surface area contributed by atoms with Crippen LogP contribution in [0.4, 0.5) is 0 Å². The van der Waals surface area contributed by atoms with E-state index in [0.29, 0.717) is 6.54 Å². The summed E-state index contributed by atoms with van der Waals surface area (Å²) in [6.45, 7) is 0.681. The Morgan fingerprint density at radius 1 is 1.16 bits per heavy atom. The molecule has 2 aromatic carbocycles. The molecule has 0 saturated carbocycles. The van der Waals surface area contributed by atoms with Crippen LogP contribution in [0, 0.1) is 0 Å². The molecule has 0 unspecified atom stereocenters. The van der Waals surface area contributed by atoms with Crippen molar-refractivity contribution >= 4 is 17.0 Å². The van der Waals surface area contributed by atoms with E-state index in [2.05, 4.69) is 4.98 Å². The highest BCUT2D eigenvalue weighted by molar-refractivity contribution is 5.92. The van der Waals surface area contributed by atoms with Gasteiger partial charge in [-0.05, 0) is 23.8 Å². The van der Waals surface area contributed by atoms with E-state index < -0.39 is 5.97 Å². The van der Waals surface area contributed by atoms with Crippen molar-refractivity contribution in [3.63, 3.8) is 0 Å². The molecule has 1 aromatic heterocycles.